The Bertz CT molecular complexity index is 855. The monoisotopic (exact) mass is 382 g/mol. The Morgan fingerprint density at radius 3 is 2.54 bits per heavy atom. The Morgan fingerprint density at radius 1 is 1.14 bits per heavy atom. The lowest BCUT2D eigenvalue weighted by atomic mass is 9.60. The van der Waals surface area contributed by atoms with Crippen LogP contribution in [0.15, 0.2) is 42.5 Å². The molecule has 0 saturated heterocycles. The van der Waals surface area contributed by atoms with Gasteiger partial charge in [-0.2, -0.15) is 0 Å². The maximum absolute atomic E-state index is 11.2. The second kappa shape index (κ2) is 6.78. The highest BCUT2D eigenvalue weighted by atomic mass is 16.5. The van der Waals surface area contributed by atoms with Crippen LogP contribution in [0, 0.1) is 5.92 Å². The highest BCUT2D eigenvalue weighted by molar-refractivity contribution is 5.52. The summed E-state index contributed by atoms with van der Waals surface area (Å²) in [5.41, 5.74) is 1.57. The van der Waals surface area contributed by atoms with Crippen molar-refractivity contribution in [1.82, 2.24) is 0 Å². The largest absolute Gasteiger partial charge is 0.508 e. The van der Waals surface area contributed by atoms with Crippen LogP contribution in [-0.2, 0) is 12.8 Å². The van der Waals surface area contributed by atoms with Crippen LogP contribution in [-0.4, -0.2) is 32.6 Å². The number of rotatable bonds is 4. The number of benzene rings is 2. The molecule has 4 heteroatoms. The van der Waals surface area contributed by atoms with Crippen molar-refractivity contribution in [2.45, 2.75) is 69.7 Å². The van der Waals surface area contributed by atoms with E-state index in [9.17, 15) is 15.3 Å². The molecular formula is C24H30O4. The zero-order chi connectivity index (χ0) is 20.1. The summed E-state index contributed by atoms with van der Waals surface area (Å²) in [5.74, 6) is 0.543. The third-order valence-electron chi connectivity index (χ3n) is 6.67. The summed E-state index contributed by atoms with van der Waals surface area (Å²) < 4.78 is 6.25. The van der Waals surface area contributed by atoms with Gasteiger partial charge in [0.25, 0.3) is 0 Å². The highest BCUT2D eigenvalue weighted by Crippen LogP contribution is 2.55. The number of aliphatic hydroxyl groups excluding tert-OH is 1. The fourth-order valence-corrected chi connectivity index (χ4v) is 5.15. The van der Waals surface area contributed by atoms with E-state index >= 15 is 0 Å². The predicted molar refractivity (Wildman–Crippen MR) is 109 cm³/mol. The van der Waals surface area contributed by atoms with Crippen LogP contribution in [0.2, 0.25) is 0 Å². The van der Waals surface area contributed by atoms with Crippen LogP contribution in [0.4, 0.5) is 0 Å². The van der Waals surface area contributed by atoms with Gasteiger partial charge in [0.15, 0.2) is 0 Å². The van der Waals surface area contributed by atoms with Gasteiger partial charge in [0.2, 0.25) is 0 Å². The molecule has 2 aromatic rings. The van der Waals surface area contributed by atoms with Crippen LogP contribution >= 0.6 is 0 Å². The van der Waals surface area contributed by atoms with Gasteiger partial charge in [-0.05, 0) is 69.6 Å². The van der Waals surface area contributed by atoms with E-state index in [1.165, 1.54) is 5.56 Å². The maximum atomic E-state index is 11.2. The number of aryl methyl sites for hydroxylation is 2. The first-order valence-corrected chi connectivity index (χ1v) is 10.2. The number of phenols is 1. The van der Waals surface area contributed by atoms with Crippen LogP contribution in [0.1, 0.15) is 56.2 Å². The second-order valence-electron chi connectivity index (χ2n) is 9.19. The summed E-state index contributed by atoms with van der Waals surface area (Å²) in [6.45, 7) is 5.58. The molecule has 0 aromatic heterocycles. The molecule has 0 amide bonds. The van der Waals surface area contributed by atoms with Crippen LogP contribution in [0.3, 0.4) is 0 Å². The first kappa shape index (κ1) is 19.3. The fraction of sp³-hybridized carbons (Fsp3) is 0.500. The standard InChI is InChI=1S/C24H30O4/c1-23(2,27)18-11-12-24(3)22(26)21(18)20-16(13-17(25)14-19(20)28-24)10-9-15-7-5-4-6-8-15/h4-8,13-14,18,21-22,25-27H,9-12H2,1-3H3/t18-,21+,22+,24+/m0/s1. The summed E-state index contributed by atoms with van der Waals surface area (Å²) in [5, 5.41) is 32.4. The molecule has 0 unspecified atom stereocenters. The normalized spacial score (nSPS) is 29.1. The Hall–Kier alpha value is -2.04. The molecule has 2 aromatic carbocycles. The summed E-state index contributed by atoms with van der Waals surface area (Å²) >= 11 is 0. The van der Waals surface area contributed by atoms with Crippen molar-refractivity contribution in [2.24, 2.45) is 5.92 Å². The molecule has 4 atom stereocenters. The smallest absolute Gasteiger partial charge is 0.133 e. The SMILES string of the molecule is CC(C)(O)[C@H]1CC[C@@]2(C)Oc3cc(O)cc(CCc4ccccc4)c3[C@@H]1[C@H]2O. The van der Waals surface area contributed by atoms with Crippen LogP contribution in [0.5, 0.6) is 11.5 Å². The number of aromatic hydroxyl groups is 1. The van der Waals surface area contributed by atoms with Crippen molar-refractivity contribution >= 4 is 0 Å². The van der Waals surface area contributed by atoms with Gasteiger partial charge in [0.05, 0.1) is 5.60 Å². The number of ether oxygens (including phenoxy) is 1. The number of fused-ring (bicyclic) bond motifs is 4. The van der Waals surface area contributed by atoms with Gasteiger partial charge in [-0.15, -0.1) is 0 Å². The summed E-state index contributed by atoms with van der Waals surface area (Å²) in [7, 11) is 0. The lowest BCUT2D eigenvalue weighted by molar-refractivity contribution is -0.141. The van der Waals surface area contributed by atoms with Gasteiger partial charge in [0.1, 0.15) is 23.2 Å². The molecule has 1 aliphatic heterocycles. The molecule has 0 radical (unpaired) electrons. The first-order valence-electron chi connectivity index (χ1n) is 10.2. The van der Waals surface area contributed by atoms with E-state index < -0.39 is 17.3 Å². The Balaban J connectivity index is 1.78. The number of hydrogen-bond donors (Lipinski definition) is 3. The van der Waals surface area contributed by atoms with E-state index in [1.54, 1.807) is 12.1 Å². The average molecular weight is 383 g/mol. The van der Waals surface area contributed by atoms with Crippen LogP contribution < -0.4 is 4.74 Å². The topological polar surface area (TPSA) is 69.9 Å². The third-order valence-corrected chi connectivity index (χ3v) is 6.67. The summed E-state index contributed by atoms with van der Waals surface area (Å²) in [6, 6.07) is 13.7. The minimum Gasteiger partial charge on any atom is -0.508 e. The van der Waals surface area contributed by atoms with Crippen molar-refractivity contribution in [2.75, 3.05) is 0 Å². The molecule has 4 rings (SSSR count). The lowest BCUT2D eigenvalue weighted by Crippen LogP contribution is -2.59. The molecule has 28 heavy (non-hydrogen) atoms. The highest BCUT2D eigenvalue weighted by Gasteiger charge is 2.55. The minimum atomic E-state index is -0.907. The van der Waals surface area contributed by atoms with Gasteiger partial charge in [-0.25, -0.2) is 0 Å². The Labute approximate surface area is 166 Å². The minimum absolute atomic E-state index is 0.0711. The van der Waals surface area contributed by atoms with Gasteiger partial charge in [-0.1, -0.05) is 30.3 Å². The number of hydrogen-bond acceptors (Lipinski definition) is 4. The molecule has 1 heterocycles. The third kappa shape index (κ3) is 3.29. The van der Waals surface area contributed by atoms with E-state index in [0.29, 0.717) is 12.2 Å². The van der Waals surface area contributed by atoms with E-state index in [1.807, 2.05) is 39.0 Å². The zero-order valence-corrected chi connectivity index (χ0v) is 16.9. The molecule has 2 bridgehead atoms. The number of aliphatic hydroxyl groups is 2. The zero-order valence-electron chi connectivity index (χ0n) is 16.9. The van der Waals surface area contributed by atoms with Gasteiger partial charge in [-0.3, -0.25) is 0 Å². The molecule has 0 spiro atoms. The van der Waals surface area contributed by atoms with Crippen molar-refractivity contribution in [3.8, 4) is 11.5 Å². The quantitative estimate of drug-likeness (QED) is 0.749. The molecule has 4 nitrogen and oxygen atoms in total. The van der Waals surface area contributed by atoms with Crippen molar-refractivity contribution < 1.29 is 20.1 Å². The average Bonchev–Trinajstić information content (AvgIpc) is 2.61. The van der Waals surface area contributed by atoms with E-state index in [0.717, 1.165) is 30.4 Å². The Morgan fingerprint density at radius 2 is 1.86 bits per heavy atom. The van der Waals surface area contributed by atoms with E-state index in [4.69, 9.17) is 4.74 Å². The molecule has 3 N–H and O–H groups in total. The molecule has 1 aliphatic carbocycles. The van der Waals surface area contributed by atoms with Gasteiger partial charge >= 0.3 is 0 Å². The van der Waals surface area contributed by atoms with Crippen molar-refractivity contribution in [3.05, 3.63) is 59.2 Å². The molecule has 1 fully saturated rings. The molecule has 150 valence electrons. The number of phenolic OH excluding ortho intramolecular Hbond substituents is 1. The summed E-state index contributed by atoms with van der Waals surface area (Å²) in [6.07, 6.45) is 2.35. The fourth-order valence-electron chi connectivity index (χ4n) is 5.15. The van der Waals surface area contributed by atoms with Crippen molar-refractivity contribution in [1.29, 1.82) is 0 Å². The van der Waals surface area contributed by atoms with Gasteiger partial charge < -0.3 is 20.1 Å². The second-order valence-corrected chi connectivity index (χ2v) is 9.19. The predicted octanol–water partition coefficient (Wildman–Crippen LogP) is 3.95. The molecule has 2 aliphatic rings. The van der Waals surface area contributed by atoms with Crippen LogP contribution in [0.25, 0.3) is 0 Å². The molecular weight excluding hydrogens is 352 g/mol. The Kier molecular flexibility index (Phi) is 4.67. The lowest BCUT2D eigenvalue weighted by Gasteiger charge is -2.54. The van der Waals surface area contributed by atoms with E-state index in [-0.39, 0.29) is 17.6 Å². The molecule has 1 saturated carbocycles. The first-order chi connectivity index (χ1) is 13.2. The maximum Gasteiger partial charge on any atom is 0.133 e. The van der Waals surface area contributed by atoms with Gasteiger partial charge in [0, 0.05) is 17.5 Å². The van der Waals surface area contributed by atoms with Crippen molar-refractivity contribution in [3.63, 3.8) is 0 Å². The van der Waals surface area contributed by atoms with E-state index in [2.05, 4.69) is 12.1 Å². The summed E-state index contributed by atoms with van der Waals surface area (Å²) in [4.78, 5) is 0.